The molecule has 0 fully saturated rings. The molecule has 69 heavy (non-hydrogen) atoms. The zero-order valence-electron chi connectivity index (χ0n) is 37.6. The fourth-order valence-electron chi connectivity index (χ4n) is 3.79. The zero-order chi connectivity index (χ0) is 52.3. The van der Waals surface area contributed by atoms with Crippen molar-refractivity contribution in [1.82, 2.24) is 36.3 Å². The summed E-state index contributed by atoms with van der Waals surface area (Å²) >= 11 is 12.1. The Kier molecular flexibility index (Phi) is 48.3. The molecule has 26 nitrogen and oxygen atoms in total. The van der Waals surface area contributed by atoms with Gasteiger partial charge in [-0.15, -0.1) is 0 Å². The first-order chi connectivity index (χ1) is 31.0. The minimum absolute atomic E-state index is 0. The SMILES string of the molecule is C.C.CC(C)(C)OC(=O)NOCC(=O)NCCN1C(=O)C=CC1=O.CC(C)(C)OC(=O)NOCC(=O)O.NCCN1C(=O)C=CC1=O.NOCC(=O)NCCN1C(=O)C=CC1=O.[H+].[I][V]([I])[I].[I][V][I]. The van der Waals surface area contributed by atoms with Crippen LogP contribution in [-0.4, -0.2) is 156 Å². The number of carbonyl (C=O) groups excluding carboxylic acids is 10. The molecule has 0 radical (unpaired) electrons. The number of hydrogen-bond donors (Lipinski definition) is 7. The second-order valence-electron chi connectivity index (χ2n) is 13.7. The number of aliphatic carboxylic acids is 1. The molecule has 0 aromatic heterocycles. The summed E-state index contributed by atoms with van der Waals surface area (Å²) in [6.45, 7) is 9.96. The fraction of sp³-hybridized carbons (Fsp3) is 0.528. The van der Waals surface area contributed by atoms with Crippen molar-refractivity contribution in [2.75, 3.05) is 59.1 Å². The molecule has 3 heterocycles. The van der Waals surface area contributed by atoms with Gasteiger partial charge >= 0.3 is 134 Å². The Hall–Kier alpha value is -1.79. The third kappa shape index (κ3) is 45.8. The van der Waals surface area contributed by atoms with Crippen LogP contribution in [0.3, 0.4) is 0 Å². The van der Waals surface area contributed by atoms with Crippen LogP contribution in [0, 0.1) is 0 Å². The van der Waals surface area contributed by atoms with E-state index < -0.39 is 66.2 Å². The molecule has 3 aliphatic heterocycles. The molecule has 9 N–H and O–H groups in total. The number of halogens is 5. The predicted molar refractivity (Wildman–Crippen MR) is 286 cm³/mol. The molecule has 0 aliphatic carbocycles. The standard InChI is InChI=1S/C13H19N3O6.C8H11N3O4.C7H13NO5.C6H8N2O2.2CH4.5HI.2V/c1-13(2,3)22-12(20)15-21-8-9(17)14-6-7-16-10(18)4-5-11(16)19;9-15-5-6(12)10-3-4-11-7(13)1-2-8(11)14;1-7(2,3)13-6(11)8-12-4-5(9)10;7-3-4-8-5(9)1-2-6(8)10;;;;;;;;;/h4-5H,6-8H2,1-3H3,(H,14,17)(H,15,20);1-2H,3-5,9H2,(H,10,12);4H2,1-3H3,(H,8,11)(H,9,10);1-2H,3-4,7H2;2*1H4;5*1H;;/q;;;;;;;;;;;+2;+3/p-4. The average molecular weight is 1630 g/mol. The molecule has 0 atom stereocenters. The summed E-state index contributed by atoms with van der Waals surface area (Å²) in [5.74, 6) is 0.490. The number of carboxylic acid groups (broad SMARTS) is 1. The van der Waals surface area contributed by atoms with Gasteiger partial charge in [-0.3, -0.25) is 67.6 Å². The van der Waals surface area contributed by atoms with Crippen molar-refractivity contribution in [3.8, 4) is 0 Å². The van der Waals surface area contributed by atoms with Crippen LogP contribution in [0.15, 0.2) is 36.5 Å². The molecule has 0 spiro atoms. The van der Waals surface area contributed by atoms with E-state index in [9.17, 15) is 52.7 Å². The van der Waals surface area contributed by atoms with Crippen LogP contribution in [0.25, 0.3) is 0 Å². The molecule has 3 rings (SSSR count). The molecule has 0 saturated heterocycles. The topological polar surface area (TPSA) is 364 Å². The van der Waals surface area contributed by atoms with E-state index in [1.54, 1.807) is 41.5 Å². The predicted octanol–water partition coefficient (Wildman–Crippen LogP) is 2.61. The molecule has 0 unspecified atom stereocenters. The summed E-state index contributed by atoms with van der Waals surface area (Å²) in [5, 5.41) is 13.0. The van der Waals surface area contributed by atoms with Crippen molar-refractivity contribution in [3.63, 3.8) is 0 Å². The Morgan fingerprint density at radius 1 is 0.623 bits per heavy atom. The molecule has 395 valence electrons. The Morgan fingerprint density at radius 3 is 1.16 bits per heavy atom. The Bertz CT molecular complexity index is 1720. The van der Waals surface area contributed by atoms with E-state index in [2.05, 4.69) is 131 Å². The van der Waals surface area contributed by atoms with Gasteiger partial charge in [0.15, 0.2) is 13.2 Å². The van der Waals surface area contributed by atoms with Crippen molar-refractivity contribution < 1.29 is 97.6 Å². The third-order valence-corrected chi connectivity index (χ3v) is 6.09. The van der Waals surface area contributed by atoms with Gasteiger partial charge in [-0.2, -0.15) is 11.0 Å². The summed E-state index contributed by atoms with van der Waals surface area (Å²) < 4.78 is 9.65. The number of carbonyl (C=O) groups is 11. The maximum absolute atomic E-state index is 11.4. The van der Waals surface area contributed by atoms with Gasteiger partial charge in [-0.25, -0.2) is 20.3 Å². The van der Waals surface area contributed by atoms with E-state index in [1.165, 1.54) is 24.3 Å². The van der Waals surface area contributed by atoms with E-state index in [0.29, 0.717) is 22.6 Å². The molecular formula is C36H60I5N9O17V2+. The first-order valence-corrected chi connectivity index (χ1v) is 40.9. The van der Waals surface area contributed by atoms with Crippen LogP contribution in [0.2, 0.25) is 0 Å². The van der Waals surface area contributed by atoms with Crippen molar-refractivity contribution in [2.45, 2.75) is 67.6 Å². The molecule has 0 aromatic rings. The maximum atomic E-state index is 11.4. The Morgan fingerprint density at radius 2 is 0.899 bits per heavy atom. The first kappa shape index (κ1) is 76.1. The summed E-state index contributed by atoms with van der Waals surface area (Å²) in [6.07, 6.45) is 5.58. The van der Waals surface area contributed by atoms with Crippen LogP contribution in [0.4, 0.5) is 9.59 Å². The number of nitrogens with two attached hydrogens (primary N) is 2. The van der Waals surface area contributed by atoms with Crippen LogP contribution >= 0.6 is 99.9 Å². The number of ether oxygens (including phenoxy) is 2. The fourth-order valence-corrected chi connectivity index (χ4v) is 3.79. The average Bonchev–Trinajstić information content (AvgIpc) is 3.81. The van der Waals surface area contributed by atoms with Crippen molar-refractivity contribution in [2.24, 2.45) is 11.6 Å². The van der Waals surface area contributed by atoms with Crippen LogP contribution < -0.4 is 33.2 Å². The molecule has 10 amide bonds. The van der Waals surface area contributed by atoms with Gasteiger partial charge in [0.05, 0.1) is 0 Å². The number of carboxylic acids is 1. The third-order valence-electron chi connectivity index (χ3n) is 6.09. The van der Waals surface area contributed by atoms with Gasteiger partial charge in [0, 0.05) is 75.7 Å². The number of nitrogens with one attached hydrogen (secondary N) is 4. The van der Waals surface area contributed by atoms with Crippen LogP contribution in [0.1, 0.15) is 57.8 Å². The van der Waals surface area contributed by atoms with E-state index in [0.717, 1.165) is 26.9 Å². The van der Waals surface area contributed by atoms with E-state index in [4.69, 9.17) is 20.3 Å². The number of nitrogens with zero attached hydrogens (tertiary/aromatic N) is 3. The summed E-state index contributed by atoms with van der Waals surface area (Å²) in [5.41, 5.74) is 7.66. The van der Waals surface area contributed by atoms with Gasteiger partial charge < -0.3 is 30.9 Å². The van der Waals surface area contributed by atoms with Crippen LogP contribution in [-0.2, 0) is 81.5 Å². The summed E-state index contributed by atoms with van der Waals surface area (Å²) in [4.78, 5) is 136. The van der Waals surface area contributed by atoms with Gasteiger partial charge in [0.25, 0.3) is 35.4 Å². The molecule has 0 bridgehead atoms. The zero-order valence-corrected chi connectivity index (χ0v) is 50.2. The van der Waals surface area contributed by atoms with Gasteiger partial charge in [0.1, 0.15) is 17.8 Å². The number of hydrogen-bond acceptors (Lipinski definition) is 18. The number of rotatable bonds is 16. The van der Waals surface area contributed by atoms with Gasteiger partial charge in [0.2, 0.25) is 11.8 Å². The molecule has 0 saturated carbocycles. The van der Waals surface area contributed by atoms with Crippen molar-refractivity contribution in [1.29, 1.82) is 0 Å². The Labute approximate surface area is 468 Å². The van der Waals surface area contributed by atoms with Crippen molar-refractivity contribution in [3.05, 3.63) is 36.5 Å². The van der Waals surface area contributed by atoms with Crippen molar-refractivity contribution >= 4 is 165 Å². The minimum atomic E-state index is -1.17. The second-order valence-corrected chi connectivity index (χ2v) is 60.9. The quantitative estimate of drug-likeness (QED) is 0.0663. The normalized spacial score (nSPS) is 13.0. The van der Waals surface area contributed by atoms with Crippen LogP contribution in [0.5, 0.6) is 0 Å². The second kappa shape index (κ2) is 43.8. The number of hydroxylamine groups is 2. The number of imide groups is 3. The van der Waals surface area contributed by atoms with Gasteiger partial charge in [-0.1, -0.05) is 14.9 Å². The molecule has 3 aliphatic rings. The number of amides is 10. The van der Waals surface area contributed by atoms with Gasteiger partial charge in [-0.05, 0) is 41.5 Å². The molecule has 0 aromatic carbocycles. The van der Waals surface area contributed by atoms with E-state index in [1.807, 2.05) is 11.0 Å². The van der Waals surface area contributed by atoms with E-state index >= 15 is 0 Å². The monoisotopic (exact) mass is 1630 g/mol. The van der Waals surface area contributed by atoms with E-state index in [-0.39, 0.29) is 77.6 Å². The molecule has 33 heteroatoms. The molecular weight excluding hydrogens is 1570 g/mol. The summed E-state index contributed by atoms with van der Waals surface area (Å²) in [7, 11) is 0.628. The first-order valence-electron chi connectivity index (χ1n) is 18.3. The summed E-state index contributed by atoms with van der Waals surface area (Å²) in [6, 6.07) is 0. The Balaban J connectivity index is -0.000000189.